The lowest BCUT2D eigenvalue weighted by molar-refractivity contribution is -0.160. The smallest absolute Gasteiger partial charge is 0.309 e. The SMILES string of the molecule is CC(C)(CN)C(=O)N1CCC(C(=O)O)C(C(=O)O)C1. The first-order chi connectivity index (χ1) is 8.70. The molecule has 1 saturated heterocycles. The molecule has 1 rings (SSSR count). The molecule has 0 bridgehead atoms. The maximum atomic E-state index is 12.2. The minimum atomic E-state index is -1.18. The van der Waals surface area contributed by atoms with E-state index in [9.17, 15) is 14.4 Å². The highest BCUT2D eigenvalue weighted by atomic mass is 16.4. The summed E-state index contributed by atoms with van der Waals surface area (Å²) in [6.45, 7) is 3.71. The molecule has 0 aromatic rings. The first-order valence-electron chi connectivity index (χ1n) is 6.15. The van der Waals surface area contributed by atoms with E-state index in [2.05, 4.69) is 0 Å². The summed E-state index contributed by atoms with van der Waals surface area (Å²) in [4.78, 5) is 35.8. The predicted molar refractivity (Wildman–Crippen MR) is 66.3 cm³/mol. The quantitative estimate of drug-likeness (QED) is 0.640. The third kappa shape index (κ3) is 3.23. The normalized spacial score (nSPS) is 24.1. The van der Waals surface area contributed by atoms with Crippen molar-refractivity contribution in [1.29, 1.82) is 0 Å². The monoisotopic (exact) mass is 272 g/mol. The molecule has 0 aromatic carbocycles. The van der Waals surface area contributed by atoms with E-state index in [1.54, 1.807) is 13.8 Å². The van der Waals surface area contributed by atoms with Gasteiger partial charge < -0.3 is 20.8 Å². The van der Waals surface area contributed by atoms with Crippen molar-refractivity contribution < 1.29 is 24.6 Å². The molecule has 0 saturated carbocycles. The first kappa shape index (κ1) is 15.4. The second kappa shape index (κ2) is 5.56. The van der Waals surface area contributed by atoms with E-state index in [1.165, 1.54) is 4.90 Å². The lowest BCUT2D eigenvalue weighted by Crippen LogP contribution is -2.53. The van der Waals surface area contributed by atoms with Crippen molar-refractivity contribution in [3.63, 3.8) is 0 Å². The number of nitrogens with zero attached hydrogens (tertiary/aromatic N) is 1. The molecular weight excluding hydrogens is 252 g/mol. The molecule has 1 heterocycles. The number of hydrogen-bond acceptors (Lipinski definition) is 4. The number of amides is 1. The maximum absolute atomic E-state index is 12.2. The molecule has 1 aliphatic heterocycles. The summed E-state index contributed by atoms with van der Waals surface area (Å²) in [5, 5.41) is 18.1. The Labute approximate surface area is 111 Å². The molecule has 1 fully saturated rings. The number of carboxylic acid groups (broad SMARTS) is 2. The first-order valence-corrected chi connectivity index (χ1v) is 6.15. The molecule has 1 aliphatic rings. The van der Waals surface area contributed by atoms with E-state index < -0.39 is 29.2 Å². The van der Waals surface area contributed by atoms with Gasteiger partial charge in [-0.1, -0.05) is 0 Å². The summed E-state index contributed by atoms with van der Waals surface area (Å²) >= 11 is 0. The van der Waals surface area contributed by atoms with Gasteiger partial charge in [0.15, 0.2) is 0 Å². The minimum absolute atomic E-state index is 0.0748. The summed E-state index contributed by atoms with van der Waals surface area (Å²) in [7, 11) is 0. The van der Waals surface area contributed by atoms with Crippen molar-refractivity contribution in [1.82, 2.24) is 4.90 Å². The number of piperidine rings is 1. The fraction of sp³-hybridized carbons (Fsp3) is 0.750. The lowest BCUT2D eigenvalue weighted by Gasteiger charge is -2.38. The molecule has 0 radical (unpaired) electrons. The average molecular weight is 272 g/mol. The Morgan fingerprint density at radius 3 is 2.16 bits per heavy atom. The van der Waals surface area contributed by atoms with Crippen LogP contribution in [0.4, 0.5) is 0 Å². The standard InChI is InChI=1S/C12H20N2O5/c1-12(2,6-13)11(19)14-4-3-7(9(15)16)8(5-14)10(17)18/h7-8H,3-6,13H2,1-2H3,(H,15,16)(H,17,18). The molecule has 108 valence electrons. The van der Waals surface area contributed by atoms with Crippen LogP contribution in [-0.4, -0.2) is 52.6 Å². The zero-order chi connectivity index (χ0) is 14.8. The maximum Gasteiger partial charge on any atom is 0.309 e. The Hall–Kier alpha value is -1.63. The van der Waals surface area contributed by atoms with Gasteiger partial charge >= 0.3 is 11.9 Å². The molecule has 2 unspecified atom stereocenters. The van der Waals surface area contributed by atoms with Crippen LogP contribution in [-0.2, 0) is 14.4 Å². The molecule has 2 atom stereocenters. The molecule has 0 aromatic heterocycles. The lowest BCUT2D eigenvalue weighted by atomic mass is 9.83. The van der Waals surface area contributed by atoms with Gasteiger partial charge in [0.25, 0.3) is 0 Å². The van der Waals surface area contributed by atoms with Crippen molar-refractivity contribution in [3.8, 4) is 0 Å². The van der Waals surface area contributed by atoms with Crippen LogP contribution in [0.5, 0.6) is 0 Å². The number of carboxylic acids is 2. The van der Waals surface area contributed by atoms with E-state index in [0.717, 1.165) is 0 Å². The third-order valence-corrected chi connectivity index (χ3v) is 3.62. The highest BCUT2D eigenvalue weighted by Gasteiger charge is 2.42. The van der Waals surface area contributed by atoms with Gasteiger partial charge in [-0.05, 0) is 20.3 Å². The molecule has 7 nitrogen and oxygen atoms in total. The Kier molecular flexibility index (Phi) is 4.52. The van der Waals surface area contributed by atoms with Gasteiger partial charge in [-0.2, -0.15) is 0 Å². The number of likely N-dealkylation sites (tertiary alicyclic amines) is 1. The minimum Gasteiger partial charge on any atom is -0.481 e. The summed E-state index contributed by atoms with van der Waals surface area (Å²) in [6, 6.07) is 0. The predicted octanol–water partition coefficient (Wildman–Crippen LogP) is -0.395. The van der Waals surface area contributed by atoms with E-state index in [1.807, 2.05) is 0 Å². The van der Waals surface area contributed by atoms with Crippen LogP contribution in [0.1, 0.15) is 20.3 Å². The number of carbonyl (C=O) groups excluding carboxylic acids is 1. The van der Waals surface area contributed by atoms with Crippen molar-refractivity contribution >= 4 is 17.8 Å². The van der Waals surface area contributed by atoms with Crippen LogP contribution in [0.15, 0.2) is 0 Å². The number of aliphatic carboxylic acids is 2. The van der Waals surface area contributed by atoms with Crippen LogP contribution in [0, 0.1) is 17.3 Å². The summed E-state index contributed by atoms with van der Waals surface area (Å²) < 4.78 is 0. The van der Waals surface area contributed by atoms with E-state index in [4.69, 9.17) is 15.9 Å². The fourth-order valence-electron chi connectivity index (χ4n) is 2.20. The van der Waals surface area contributed by atoms with Crippen molar-refractivity contribution in [2.24, 2.45) is 23.0 Å². The number of hydrogen-bond donors (Lipinski definition) is 3. The van der Waals surface area contributed by atoms with Crippen LogP contribution in [0.2, 0.25) is 0 Å². The van der Waals surface area contributed by atoms with Crippen LogP contribution in [0.25, 0.3) is 0 Å². The Morgan fingerprint density at radius 2 is 1.74 bits per heavy atom. The molecule has 7 heteroatoms. The van der Waals surface area contributed by atoms with Gasteiger partial charge in [-0.3, -0.25) is 14.4 Å². The Balaban J connectivity index is 2.86. The van der Waals surface area contributed by atoms with Crippen molar-refractivity contribution in [3.05, 3.63) is 0 Å². The molecule has 4 N–H and O–H groups in total. The number of carbonyl (C=O) groups is 3. The van der Waals surface area contributed by atoms with Gasteiger partial charge in [-0.25, -0.2) is 0 Å². The van der Waals surface area contributed by atoms with Crippen LogP contribution >= 0.6 is 0 Å². The van der Waals surface area contributed by atoms with Gasteiger partial charge in [-0.15, -0.1) is 0 Å². The van der Waals surface area contributed by atoms with E-state index in [0.29, 0.717) is 0 Å². The van der Waals surface area contributed by atoms with Crippen LogP contribution < -0.4 is 5.73 Å². The zero-order valence-electron chi connectivity index (χ0n) is 11.1. The van der Waals surface area contributed by atoms with Gasteiger partial charge in [0.05, 0.1) is 17.3 Å². The molecule has 0 spiro atoms. The average Bonchev–Trinajstić information content (AvgIpc) is 2.36. The number of rotatable bonds is 4. The van der Waals surface area contributed by atoms with E-state index in [-0.39, 0.29) is 32.0 Å². The van der Waals surface area contributed by atoms with Gasteiger partial charge in [0, 0.05) is 19.6 Å². The Bertz CT molecular complexity index is 394. The summed E-state index contributed by atoms with van der Waals surface area (Å²) in [5.74, 6) is -4.55. The summed E-state index contributed by atoms with van der Waals surface area (Å²) in [6.07, 6.45) is 0.151. The van der Waals surface area contributed by atoms with Crippen molar-refractivity contribution in [2.45, 2.75) is 20.3 Å². The van der Waals surface area contributed by atoms with Crippen molar-refractivity contribution in [2.75, 3.05) is 19.6 Å². The van der Waals surface area contributed by atoms with Gasteiger partial charge in [0.1, 0.15) is 0 Å². The molecule has 0 aliphatic carbocycles. The molecular formula is C12H20N2O5. The largest absolute Gasteiger partial charge is 0.481 e. The second-order valence-corrected chi connectivity index (χ2v) is 5.52. The van der Waals surface area contributed by atoms with E-state index >= 15 is 0 Å². The second-order valence-electron chi connectivity index (χ2n) is 5.52. The van der Waals surface area contributed by atoms with Gasteiger partial charge in [0.2, 0.25) is 5.91 Å². The highest BCUT2D eigenvalue weighted by Crippen LogP contribution is 2.27. The Morgan fingerprint density at radius 1 is 1.21 bits per heavy atom. The molecule has 19 heavy (non-hydrogen) atoms. The zero-order valence-corrected chi connectivity index (χ0v) is 11.1. The fourth-order valence-corrected chi connectivity index (χ4v) is 2.20. The van der Waals surface area contributed by atoms with Crippen LogP contribution in [0.3, 0.4) is 0 Å². The highest BCUT2D eigenvalue weighted by molar-refractivity contribution is 5.85. The molecule has 1 amide bonds. The third-order valence-electron chi connectivity index (χ3n) is 3.62. The number of nitrogens with two attached hydrogens (primary N) is 1. The topological polar surface area (TPSA) is 121 Å². The summed E-state index contributed by atoms with van der Waals surface area (Å²) in [5.41, 5.74) is 4.76.